The third kappa shape index (κ3) is 2.81. The molecule has 0 radical (unpaired) electrons. The average molecular weight is 278 g/mol. The molecule has 3 atom stereocenters. The van der Waals surface area contributed by atoms with Gasteiger partial charge in [0, 0.05) is 20.1 Å². The number of ether oxygens (including phenoxy) is 1. The SMILES string of the molecule is COC1CC(C(=O)O)N(C(=O)[C@H](N)c2ccccc2)C1. The topological polar surface area (TPSA) is 92.9 Å². The van der Waals surface area contributed by atoms with E-state index in [1.807, 2.05) is 6.07 Å². The first-order valence-corrected chi connectivity index (χ1v) is 6.41. The van der Waals surface area contributed by atoms with Crippen LogP contribution in [0.25, 0.3) is 0 Å². The number of hydrogen-bond donors (Lipinski definition) is 2. The molecule has 20 heavy (non-hydrogen) atoms. The Morgan fingerprint density at radius 3 is 2.60 bits per heavy atom. The summed E-state index contributed by atoms with van der Waals surface area (Å²) in [5.74, 6) is -1.42. The first kappa shape index (κ1) is 14.5. The molecule has 1 aliphatic rings. The van der Waals surface area contributed by atoms with Crippen LogP contribution in [0.2, 0.25) is 0 Å². The third-order valence-electron chi connectivity index (χ3n) is 3.59. The number of rotatable bonds is 4. The second-order valence-electron chi connectivity index (χ2n) is 4.83. The number of methoxy groups -OCH3 is 1. The smallest absolute Gasteiger partial charge is 0.326 e. The molecule has 2 rings (SSSR count). The van der Waals surface area contributed by atoms with Crippen molar-refractivity contribution >= 4 is 11.9 Å². The highest BCUT2D eigenvalue weighted by Crippen LogP contribution is 2.24. The number of benzene rings is 1. The van der Waals surface area contributed by atoms with Crippen LogP contribution in [0.1, 0.15) is 18.0 Å². The number of carboxylic acids is 1. The van der Waals surface area contributed by atoms with Crippen LogP contribution in [0.3, 0.4) is 0 Å². The zero-order valence-electron chi connectivity index (χ0n) is 11.2. The van der Waals surface area contributed by atoms with Gasteiger partial charge >= 0.3 is 5.97 Å². The average Bonchev–Trinajstić information content (AvgIpc) is 2.91. The lowest BCUT2D eigenvalue weighted by Gasteiger charge is -2.24. The van der Waals surface area contributed by atoms with E-state index in [1.165, 1.54) is 12.0 Å². The Kier molecular flexibility index (Phi) is 4.36. The fraction of sp³-hybridized carbons (Fsp3) is 0.429. The number of carbonyl (C=O) groups excluding carboxylic acids is 1. The van der Waals surface area contributed by atoms with Crippen LogP contribution in [0, 0.1) is 0 Å². The molecule has 1 amide bonds. The minimum atomic E-state index is -1.03. The minimum Gasteiger partial charge on any atom is -0.480 e. The predicted molar refractivity (Wildman–Crippen MR) is 71.9 cm³/mol. The van der Waals surface area contributed by atoms with Gasteiger partial charge in [-0.25, -0.2) is 4.79 Å². The van der Waals surface area contributed by atoms with Gasteiger partial charge in [0.25, 0.3) is 0 Å². The summed E-state index contributed by atoms with van der Waals surface area (Å²) in [7, 11) is 1.51. The Labute approximate surface area is 117 Å². The fourth-order valence-electron chi connectivity index (χ4n) is 2.43. The molecule has 0 aliphatic carbocycles. The van der Waals surface area contributed by atoms with Crippen molar-refractivity contribution < 1.29 is 19.4 Å². The standard InChI is InChI=1S/C14H18N2O4/c1-20-10-7-11(14(18)19)16(8-10)13(17)12(15)9-5-3-2-4-6-9/h2-6,10-12H,7-8,15H2,1H3,(H,18,19)/t10?,11?,12-/m1/s1. The molecule has 1 aliphatic heterocycles. The quantitative estimate of drug-likeness (QED) is 0.831. The molecule has 1 heterocycles. The van der Waals surface area contributed by atoms with E-state index in [9.17, 15) is 14.7 Å². The van der Waals surface area contributed by atoms with Crippen LogP contribution in [-0.2, 0) is 14.3 Å². The van der Waals surface area contributed by atoms with Crippen molar-refractivity contribution in [1.82, 2.24) is 4.90 Å². The van der Waals surface area contributed by atoms with E-state index < -0.39 is 18.1 Å². The summed E-state index contributed by atoms with van der Waals surface area (Å²) in [6.07, 6.45) is 0.0297. The maximum atomic E-state index is 12.4. The lowest BCUT2D eigenvalue weighted by molar-refractivity contribution is -0.148. The number of nitrogens with zero attached hydrogens (tertiary/aromatic N) is 1. The summed E-state index contributed by atoms with van der Waals surface area (Å²) in [6, 6.07) is 7.19. The van der Waals surface area contributed by atoms with Crippen molar-refractivity contribution in [3.63, 3.8) is 0 Å². The molecule has 3 N–H and O–H groups in total. The van der Waals surface area contributed by atoms with Gasteiger partial charge in [-0.1, -0.05) is 30.3 Å². The Morgan fingerprint density at radius 2 is 2.05 bits per heavy atom. The van der Waals surface area contributed by atoms with Gasteiger partial charge in [-0.05, 0) is 5.56 Å². The number of carbonyl (C=O) groups is 2. The first-order valence-electron chi connectivity index (χ1n) is 6.41. The summed E-state index contributed by atoms with van der Waals surface area (Å²) >= 11 is 0. The van der Waals surface area contributed by atoms with E-state index in [-0.39, 0.29) is 18.6 Å². The zero-order valence-corrected chi connectivity index (χ0v) is 11.2. The van der Waals surface area contributed by atoms with E-state index in [2.05, 4.69) is 0 Å². The molecule has 108 valence electrons. The molecule has 0 bridgehead atoms. The van der Waals surface area contributed by atoms with Crippen LogP contribution >= 0.6 is 0 Å². The molecule has 1 aromatic rings. The number of amides is 1. The normalized spacial score (nSPS) is 23.6. The summed E-state index contributed by atoms with van der Waals surface area (Å²) in [5, 5.41) is 9.21. The van der Waals surface area contributed by atoms with Crippen molar-refractivity contribution in [3.8, 4) is 0 Å². The molecule has 1 aromatic carbocycles. The lowest BCUT2D eigenvalue weighted by Crippen LogP contribution is -2.45. The third-order valence-corrected chi connectivity index (χ3v) is 3.59. The van der Waals surface area contributed by atoms with Crippen LogP contribution in [0.15, 0.2) is 30.3 Å². The van der Waals surface area contributed by atoms with Gasteiger partial charge < -0.3 is 20.5 Å². The van der Waals surface area contributed by atoms with Crippen molar-refractivity contribution in [3.05, 3.63) is 35.9 Å². The first-order chi connectivity index (χ1) is 9.54. The molecule has 0 saturated carbocycles. The molecule has 1 fully saturated rings. The molecular formula is C14H18N2O4. The molecular weight excluding hydrogens is 260 g/mol. The molecule has 0 spiro atoms. The Balaban J connectivity index is 2.17. The van der Waals surface area contributed by atoms with E-state index in [4.69, 9.17) is 10.5 Å². The maximum absolute atomic E-state index is 12.4. The number of aliphatic carboxylic acids is 1. The lowest BCUT2D eigenvalue weighted by atomic mass is 10.1. The number of carboxylic acid groups (broad SMARTS) is 1. The van der Waals surface area contributed by atoms with Crippen LogP contribution in [0.4, 0.5) is 0 Å². The van der Waals surface area contributed by atoms with Crippen molar-refractivity contribution in [2.45, 2.75) is 24.6 Å². The van der Waals surface area contributed by atoms with Gasteiger partial charge in [-0.15, -0.1) is 0 Å². The molecule has 2 unspecified atom stereocenters. The van der Waals surface area contributed by atoms with E-state index in [0.717, 1.165) is 0 Å². The fourth-order valence-corrected chi connectivity index (χ4v) is 2.43. The van der Waals surface area contributed by atoms with Gasteiger partial charge in [0.15, 0.2) is 0 Å². The molecule has 1 saturated heterocycles. The summed E-state index contributed by atoms with van der Waals surface area (Å²) in [5.41, 5.74) is 6.61. The van der Waals surface area contributed by atoms with E-state index in [0.29, 0.717) is 12.0 Å². The van der Waals surface area contributed by atoms with E-state index in [1.54, 1.807) is 24.3 Å². The minimum absolute atomic E-state index is 0.257. The highest BCUT2D eigenvalue weighted by molar-refractivity contribution is 5.88. The number of nitrogens with two attached hydrogens (primary N) is 1. The largest absolute Gasteiger partial charge is 0.480 e. The highest BCUT2D eigenvalue weighted by atomic mass is 16.5. The Bertz CT molecular complexity index is 491. The van der Waals surface area contributed by atoms with Gasteiger partial charge in [-0.2, -0.15) is 0 Å². The Hall–Kier alpha value is -1.92. The van der Waals surface area contributed by atoms with Gasteiger partial charge in [0.05, 0.1) is 6.10 Å². The second-order valence-corrected chi connectivity index (χ2v) is 4.83. The van der Waals surface area contributed by atoms with Crippen molar-refractivity contribution in [1.29, 1.82) is 0 Å². The Morgan fingerprint density at radius 1 is 1.40 bits per heavy atom. The van der Waals surface area contributed by atoms with Gasteiger partial charge in [-0.3, -0.25) is 4.79 Å². The molecule has 6 heteroatoms. The zero-order chi connectivity index (χ0) is 14.7. The van der Waals surface area contributed by atoms with Crippen LogP contribution < -0.4 is 5.73 Å². The maximum Gasteiger partial charge on any atom is 0.326 e. The van der Waals surface area contributed by atoms with Crippen LogP contribution in [0.5, 0.6) is 0 Å². The van der Waals surface area contributed by atoms with Crippen molar-refractivity contribution in [2.24, 2.45) is 5.73 Å². The molecule has 6 nitrogen and oxygen atoms in total. The van der Waals surface area contributed by atoms with E-state index >= 15 is 0 Å². The number of hydrogen-bond acceptors (Lipinski definition) is 4. The second kappa shape index (κ2) is 6.02. The van der Waals surface area contributed by atoms with Crippen molar-refractivity contribution in [2.75, 3.05) is 13.7 Å². The monoisotopic (exact) mass is 278 g/mol. The van der Waals surface area contributed by atoms with Gasteiger partial charge in [0.2, 0.25) is 5.91 Å². The summed E-state index contributed by atoms with van der Waals surface area (Å²) < 4.78 is 5.16. The number of likely N-dealkylation sites (tertiary alicyclic amines) is 1. The summed E-state index contributed by atoms with van der Waals surface area (Å²) in [6.45, 7) is 0.257. The van der Waals surface area contributed by atoms with Gasteiger partial charge in [0.1, 0.15) is 12.1 Å². The predicted octanol–water partition coefficient (Wildman–Crippen LogP) is 0.387. The molecule has 0 aromatic heterocycles. The van der Waals surface area contributed by atoms with Crippen LogP contribution in [-0.4, -0.2) is 47.7 Å². The summed E-state index contributed by atoms with van der Waals surface area (Å²) in [4.78, 5) is 25.0. The highest BCUT2D eigenvalue weighted by Gasteiger charge is 2.41.